The molecule has 2 aromatic carbocycles. The number of carbonyl (C=O) groups is 3. The van der Waals surface area contributed by atoms with E-state index in [1.807, 2.05) is 25.4 Å². The van der Waals surface area contributed by atoms with E-state index in [1.54, 1.807) is 19.1 Å². The quantitative estimate of drug-likeness (QED) is 0.768. The molecule has 1 fully saturated rings. The number of rotatable bonds is 3. The van der Waals surface area contributed by atoms with Gasteiger partial charge in [-0.2, -0.15) is 0 Å². The first-order chi connectivity index (χ1) is 14.8. The first-order valence-electron chi connectivity index (χ1n) is 9.71. The number of aliphatic hydroxyl groups is 1. The molecule has 0 bridgehead atoms. The minimum atomic E-state index is -0.428. The van der Waals surface area contributed by atoms with E-state index in [2.05, 4.69) is 5.32 Å². The number of benzene rings is 2. The second-order valence-corrected chi connectivity index (χ2v) is 7.31. The summed E-state index contributed by atoms with van der Waals surface area (Å²) in [4.78, 5) is 30.4. The van der Waals surface area contributed by atoms with Crippen molar-refractivity contribution in [2.24, 2.45) is 5.92 Å². The summed E-state index contributed by atoms with van der Waals surface area (Å²) in [7, 11) is 0. The van der Waals surface area contributed by atoms with Crippen molar-refractivity contribution in [2.75, 3.05) is 23.3 Å². The van der Waals surface area contributed by atoms with Gasteiger partial charge in [0.05, 0.1) is 11.8 Å². The lowest BCUT2D eigenvalue weighted by Gasteiger charge is -2.25. The highest BCUT2D eigenvalue weighted by atomic mass is 19.1. The minimum Gasteiger partial charge on any atom is -0.393 e. The number of nitrogens with zero attached hydrogens (tertiary/aromatic N) is 1. The second-order valence-electron chi connectivity index (χ2n) is 7.31. The van der Waals surface area contributed by atoms with Gasteiger partial charge in [0.25, 0.3) is 5.91 Å². The molecule has 2 aromatic rings. The maximum absolute atomic E-state index is 14.4. The molecule has 31 heavy (non-hydrogen) atoms. The molecule has 1 saturated heterocycles. The SMILES string of the molecule is C=O.C=O.Cc1ccc(NC(=O)c2ccc(F)c(N3CCC(O)CC(C)C3)c2)cc1F. The van der Waals surface area contributed by atoms with Gasteiger partial charge in [0.1, 0.15) is 25.2 Å². The largest absolute Gasteiger partial charge is 0.393 e. The molecule has 2 N–H and O–H groups in total. The Labute approximate surface area is 180 Å². The number of aryl methyl sites for hydroxylation is 1. The van der Waals surface area contributed by atoms with Crippen LogP contribution in [0.3, 0.4) is 0 Å². The Morgan fingerprint density at radius 3 is 2.42 bits per heavy atom. The maximum Gasteiger partial charge on any atom is 0.255 e. The smallest absolute Gasteiger partial charge is 0.255 e. The molecule has 168 valence electrons. The highest BCUT2D eigenvalue weighted by molar-refractivity contribution is 6.04. The number of hydrogen-bond acceptors (Lipinski definition) is 5. The van der Waals surface area contributed by atoms with Crippen molar-refractivity contribution in [1.29, 1.82) is 0 Å². The first-order valence-corrected chi connectivity index (χ1v) is 9.71. The van der Waals surface area contributed by atoms with Gasteiger partial charge in [0.2, 0.25) is 0 Å². The molecule has 8 heteroatoms. The van der Waals surface area contributed by atoms with E-state index in [0.717, 1.165) is 0 Å². The van der Waals surface area contributed by atoms with Crippen LogP contribution in [-0.2, 0) is 9.59 Å². The lowest BCUT2D eigenvalue weighted by molar-refractivity contribution is -0.0987. The Bertz CT molecular complexity index is 877. The van der Waals surface area contributed by atoms with Crippen LogP contribution in [0.25, 0.3) is 0 Å². The molecule has 0 saturated carbocycles. The number of hydrogen-bond donors (Lipinski definition) is 2. The zero-order chi connectivity index (χ0) is 23.6. The van der Waals surface area contributed by atoms with Crippen molar-refractivity contribution in [1.82, 2.24) is 0 Å². The summed E-state index contributed by atoms with van der Waals surface area (Å²) in [6, 6.07) is 8.67. The third-order valence-corrected chi connectivity index (χ3v) is 4.92. The Kier molecular flexibility index (Phi) is 10.5. The Morgan fingerprint density at radius 2 is 1.77 bits per heavy atom. The number of carbonyl (C=O) groups excluding carboxylic acids is 3. The molecule has 0 aliphatic carbocycles. The fraction of sp³-hybridized carbons (Fsp3) is 0.348. The minimum absolute atomic E-state index is 0.218. The highest BCUT2D eigenvalue weighted by Crippen LogP contribution is 2.27. The Hall–Kier alpha value is -3.13. The van der Waals surface area contributed by atoms with Gasteiger partial charge in [-0.25, -0.2) is 8.78 Å². The molecular weight excluding hydrogens is 406 g/mol. The molecule has 6 nitrogen and oxygen atoms in total. The average molecular weight is 434 g/mol. The van der Waals surface area contributed by atoms with Crippen LogP contribution in [0.15, 0.2) is 36.4 Å². The van der Waals surface area contributed by atoms with Gasteiger partial charge >= 0.3 is 0 Å². The second kappa shape index (κ2) is 12.5. The van der Waals surface area contributed by atoms with Gasteiger partial charge in [0, 0.05) is 24.3 Å². The molecule has 2 atom stereocenters. The van der Waals surface area contributed by atoms with Crippen LogP contribution in [0.2, 0.25) is 0 Å². The van der Waals surface area contributed by atoms with Crippen LogP contribution in [0.1, 0.15) is 35.7 Å². The summed E-state index contributed by atoms with van der Waals surface area (Å²) in [5.74, 6) is -1.02. The molecule has 3 rings (SSSR count). The molecule has 2 unspecified atom stereocenters. The third-order valence-electron chi connectivity index (χ3n) is 4.92. The summed E-state index contributed by atoms with van der Waals surface area (Å²) in [5, 5.41) is 12.6. The zero-order valence-corrected chi connectivity index (χ0v) is 17.7. The van der Waals surface area contributed by atoms with Crippen LogP contribution in [0.4, 0.5) is 20.2 Å². The molecule has 1 heterocycles. The fourth-order valence-corrected chi connectivity index (χ4v) is 3.42. The predicted octanol–water partition coefficient (Wildman–Crippen LogP) is 3.75. The maximum atomic E-state index is 14.4. The van der Waals surface area contributed by atoms with Gasteiger partial charge in [-0.3, -0.25) is 4.79 Å². The molecular formula is C23H28F2N2O4. The van der Waals surface area contributed by atoms with Crippen LogP contribution in [0, 0.1) is 24.5 Å². The van der Waals surface area contributed by atoms with Crippen LogP contribution >= 0.6 is 0 Å². The molecule has 1 aliphatic rings. The average Bonchev–Trinajstić information content (AvgIpc) is 2.93. The van der Waals surface area contributed by atoms with E-state index in [4.69, 9.17) is 9.59 Å². The number of nitrogens with one attached hydrogen (secondary N) is 1. The first kappa shape index (κ1) is 25.9. The summed E-state index contributed by atoms with van der Waals surface area (Å²) in [6.45, 7) is 8.80. The fourth-order valence-electron chi connectivity index (χ4n) is 3.42. The van der Waals surface area contributed by atoms with Gasteiger partial charge in [-0.05, 0) is 61.6 Å². The summed E-state index contributed by atoms with van der Waals surface area (Å²) in [5.41, 5.74) is 1.48. The van der Waals surface area contributed by atoms with Crippen LogP contribution < -0.4 is 10.2 Å². The molecule has 0 aromatic heterocycles. The van der Waals surface area contributed by atoms with Gasteiger partial charge in [0.15, 0.2) is 0 Å². The van der Waals surface area contributed by atoms with Crippen LogP contribution in [0.5, 0.6) is 0 Å². The number of aliphatic hydroxyl groups excluding tert-OH is 1. The normalized spacial score (nSPS) is 17.9. The monoisotopic (exact) mass is 434 g/mol. The van der Waals surface area contributed by atoms with Crippen molar-refractivity contribution >= 4 is 30.9 Å². The molecule has 0 spiro atoms. The lowest BCUT2D eigenvalue weighted by Crippen LogP contribution is -2.28. The van der Waals surface area contributed by atoms with E-state index in [9.17, 15) is 18.7 Å². The number of amides is 1. The van der Waals surface area contributed by atoms with Crippen molar-refractivity contribution in [3.05, 3.63) is 59.2 Å². The van der Waals surface area contributed by atoms with E-state index >= 15 is 0 Å². The van der Waals surface area contributed by atoms with E-state index in [1.165, 1.54) is 24.3 Å². The topological polar surface area (TPSA) is 86.7 Å². The molecule has 0 radical (unpaired) electrons. The van der Waals surface area contributed by atoms with E-state index in [-0.39, 0.29) is 5.92 Å². The standard InChI is InChI=1S/C21H24F2N2O2.2CH2O/c1-13-9-17(26)7-8-25(12-13)20-10-15(4-6-18(20)22)21(27)24-16-5-3-14(2)19(23)11-16;2*1-2/h3-6,10-11,13,17,26H,7-9,12H2,1-2H3,(H,24,27);2*1H2. The van der Waals surface area contributed by atoms with Crippen molar-refractivity contribution in [2.45, 2.75) is 32.8 Å². The summed E-state index contributed by atoms with van der Waals surface area (Å²) < 4.78 is 28.1. The van der Waals surface area contributed by atoms with Crippen molar-refractivity contribution in [3.63, 3.8) is 0 Å². The lowest BCUT2D eigenvalue weighted by atomic mass is 10.0. The Morgan fingerprint density at radius 1 is 1.10 bits per heavy atom. The van der Waals surface area contributed by atoms with E-state index in [0.29, 0.717) is 48.4 Å². The van der Waals surface area contributed by atoms with Crippen LogP contribution in [-0.4, -0.2) is 43.8 Å². The Balaban J connectivity index is 0.00000113. The number of halogens is 2. The highest BCUT2D eigenvalue weighted by Gasteiger charge is 2.23. The van der Waals surface area contributed by atoms with Gasteiger partial charge in [-0.15, -0.1) is 0 Å². The zero-order valence-electron chi connectivity index (χ0n) is 17.7. The molecule has 1 aliphatic heterocycles. The van der Waals surface area contributed by atoms with E-state index < -0.39 is 23.6 Å². The third kappa shape index (κ3) is 7.25. The molecule has 1 amide bonds. The van der Waals surface area contributed by atoms with Gasteiger partial charge in [-0.1, -0.05) is 13.0 Å². The predicted molar refractivity (Wildman–Crippen MR) is 116 cm³/mol. The summed E-state index contributed by atoms with van der Waals surface area (Å²) in [6.07, 6.45) is 0.844. The number of anilines is 2. The van der Waals surface area contributed by atoms with Crippen molar-refractivity contribution in [3.8, 4) is 0 Å². The van der Waals surface area contributed by atoms with Gasteiger partial charge < -0.3 is 24.9 Å². The van der Waals surface area contributed by atoms with Crippen molar-refractivity contribution < 1.29 is 28.3 Å². The summed E-state index contributed by atoms with van der Waals surface area (Å²) >= 11 is 0.